The predicted molar refractivity (Wildman–Crippen MR) is 53.8 cm³/mol. The maximum Gasteiger partial charge on any atom is 0.263 e. The second-order valence-corrected chi connectivity index (χ2v) is 4.43. The summed E-state index contributed by atoms with van der Waals surface area (Å²) in [5.74, 6) is -0.171. The summed E-state index contributed by atoms with van der Waals surface area (Å²) in [5, 5.41) is 11.4. The Labute approximate surface area is 86.6 Å². The third-order valence-corrected chi connectivity index (χ3v) is 2.42. The molecule has 0 saturated heterocycles. The Morgan fingerprint density at radius 3 is 3.00 bits per heavy atom. The zero-order valence-electron chi connectivity index (χ0n) is 8.07. The fourth-order valence-corrected chi connectivity index (χ4v) is 1.29. The van der Waals surface area contributed by atoms with E-state index in [9.17, 15) is 4.79 Å². The van der Waals surface area contributed by atoms with Crippen molar-refractivity contribution in [2.75, 3.05) is 6.54 Å². The third-order valence-electron chi connectivity index (χ3n) is 1.65. The van der Waals surface area contributed by atoms with Gasteiger partial charge in [0.2, 0.25) is 0 Å². The molecule has 0 spiro atoms. The standard InChI is InChI=1S/C9H11N3OS/c1-9(2,4-10)5-12-8(13)7-3-11-6-14-7/h3,6H,5H2,1-2H3,(H,12,13). The molecule has 1 aromatic heterocycles. The molecule has 0 fully saturated rings. The first-order chi connectivity index (χ1) is 6.55. The van der Waals surface area contributed by atoms with Crippen molar-refractivity contribution in [1.82, 2.24) is 10.3 Å². The highest BCUT2D eigenvalue weighted by Crippen LogP contribution is 2.11. The molecule has 1 heterocycles. The lowest BCUT2D eigenvalue weighted by Gasteiger charge is -2.14. The first-order valence-electron chi connectivity index (χ1n) is 4.13. The van der Waals surface area contributed by atoms with Gasteiger partial charge in [-0.1, -0.05) is 0 Å². The molecule has 14 heavy (non-hydrogen) atoms. The summed E-state index contributed by atoms with van der Waals surface area (Å²) in [5.41, 5.74) is 1.07. The minimum Gasteiger partial charge on any atom is -0.350 e. The van der Waals surface area contributed by atoms with Gasteiger partial charge in [-0.25, -0.2) is 0 Å². The van der Waals surface area contributed by atoms with Gasteiger partial charge in [-0.05, 0) is 13.8 Å². The second-order valence-electron chi connectivity index (χ2n) is 3.54. The Bertz CT molecular complexity index is 351. The fraction of sp³-hybridized carbons (Fsp3) is 0.444. The lowest BCUT2D eigenvalue weighted by atomic mass is 9.96. The number of nitrogens with zero attached hydrogens (tertiary/aromatic N) is 2. The van der Waals surface area contributed by atoms with Crippen LogP contribution in [-0.2, 0) is 0 Å². The molecule has 74 valence electrons. The highest BCUT2D eigenvalue weighted by atomic mass is 32.1. The molecule has 0 aliphatic rings. The topological polar surface area (TPSA) is 65.8 Å². The molecule has 0 aromatic carbocycles. The van der Waals surface area contributed by atoms with Gasteiger partial charge in [0, 0.05) is 6.54 Å². The van der Waals surface area contributed by atoms with E-state index in [4.69, 9.17) is 5.26 Å². The average Bonchev–Trinajstić information content (AvgIpc) is 2.67. The van der Waals surface area contributed by atoms with Gasteiger partial charge in [0.25, 0.3) is 5.91 Å². The van der Waals surface area contributed by atoms with Crippen molar-refractivity contribution in [1.29, 1.82) is 5.26 Å². The van der Waals surface area contributed by atoms with Crippen molar-refractivity contribution in [2.24, 2.45) is 5.41 Å². The van der Waals surface area contributed by atoms with Crippen molar-refractivity contribution in [2.45, 2.75) is 13.8 Å². The summed E-state index contributed by atoms with van der Waals surface area (Å²) in [6.07, 6.45) is 1.51. The Kier molecular flexibility index (Phi) is 3.20. The molecule has 0 aliphatic carbocycles. The molecule has 0 saturated carbocycles. The number of thiazole rings is 1. The molecule has 0 unspecified atom stereocenters. The lowest BCUT2D eigenvalue weighted by molar-refractivity contribution is 0.0947. The van der Waals surface area contributed by atoms with Crippen molar-refractivity contribution >= 4 is 17.2 Å². The lowest BCUT2D eigenvalue weighted by Crippen LogP contribution is -2.32. The van der Waals surface area contributed by atoms with Crippen LogP contribution in [0.1, 0.15) is 23.5 Å². The van der Waals surface area contributed by atoms with E-state index in [2.05, 4.69) is 16.4 Å². The molecule has 1 aromatic rings. The maximum atomic E-state index is 11.4. The number of nitriles is 1. The number of hydrogen-bond acceptors (Lipinski definition) is 4. The minimum atomic E-state index is -0.527. The average molecular weight is 209 g/mol. The highest BCUT2D eigenvalue weighted by Gasteiger charge is 2.18. The molecule has 0 aliphatic heterocycles. The zero-order valence-corrected chi connectivity index (χ0v) is 8.89. The van der Waals surface area contributed by atoms with Crippen LogP contribution in [0.25, 0.3) is 0 Å². The first kappa shape index (κ1) is 10.7. The van der Waals surface area contributed by atoms with E-state index in [1.54, 1.807) is 19.4 Å². The van der Waals surface area contributed by atoms with Crippen molar-refractivity contribution < 1.29 is 4.79 Å². The van der Waals surface area contributed by atoms with E-state index >= 15 is 0 Å². The van der Waals surface area contributed by atoms with Crippen LogP contribution >= 0.6 is 11.3 Å². The number of hydrogen-bond donors (Lipinski definition) is 1. The molecule has 0 atom stereocenters. The molecule has 1 N–H and O–H groups in total. The summed E-state index contributed by atoms with van der Waals surface area (Å²) >= 11 is 1.28. The predicted octanol–water partition coefficient (Wildman–Crippen LogP) is 1.42. The zero-order chi connectivity index (χ0) is 10.6. The van der Waals surface area contributed by atoms with Crippen LogP contribution in [0.15, 0.2) is 11.7 Å². The molecule has 1 amide bonds. The largest absolute Gasteiger partial charge is 0.350 e. The second kappa shape index (κ2) is 4.20. The van der Waals surface area contributed by atoms with E-state index in [0.29, 0.717) is 11.4 Å². The van der Waals surface area contributed by atoms with Crippen molar-refractivity contribution in [3.05, 3.63) is 16.6 Å². The maximum absolute atomic E-state index is 11.4. The summed E-state index contributed by atoms with van der Waals surface area (Å²) in [6.45, 7) is 3.90. The summed E-state index contributed by atoms with van der Waals surface area (Å²) in [4.78, 5) is 15.8. The van der Waals surface area contributed by atoms with Gasteiger partial charge >= 0.3 is 0 Å². The number of carbonyl (C=O) groups excluding carboxylic acids is 1. The molecule has 4 nitrogen and oxygen atoms in total. The molecule has 0 radical (unpaired) electrons. The SMILES string of the molecule is CC(C)(C#N)CNC(=O)c1cncs1. The molecular weight excluding hydrogens is 198 g/mol. The molecule has 5 heteroatoms. The normalized spacial score (nSPS) is 10.6. The van der Waals surface area contributed by atoms with Crippen LogP contribution in [0.2, 0.25) is 0 Å². The molecular formula is C9H11N3OS. The van der Waals surface area contributed by atoms with Gasteiger partial charge in [-0.3, -0.25) is 9.78 Å². The van der Waals surface area contributed by atoms with Crippen LogP contribution in [0.5, 0.6) is 0 Å². The van der Waals surface area contributed by atoms with Gasteiger partial charge in [-0.15, -0.1) is 11.3 Å². The minimum absolute atomic E-state index is 0.171. The highest BCUT2D eigenvalue weighted by molar-refractivity contribution is 7.11. The number of nitrogens with one attached hydrogen (secondary N) is 1. The fourth-order valence-electron chi connectivity index (χ4n) is 0.756. The van der Waals surface area contributed by atoms with Crippen LogP contribution in [0.4, 0.5) is 0 Å². The molecule has 1 rings (SSSR count). The van der Waals surface area contributed by atoms with Crippen molar-refractivity contribution in [3.8, 4) is 6.07 Å². The third kappa shape index (κ3) is 2.82. The van der Waals surface area contributed by atoms with Gasteiger partial charge in [0.15, 0.2) is 0 Å². The Hall–Kier alpha value is -1.41. The van der Waals surface area contributed by atoms with Gasteiger partial charge in [0.1, 0.15) is 4.88 Å². The van der Waals surface area contributed by atoms with E-state index in [1.807, 2.05) is 0 Å². The molecule has 0 bridgehead atoms. The summed E-state index contributed by atoms with van der Waals surface area (Å²) in [6, 6.07) is 2.12. The number of aromatic nitrogens is 1. The first-order valence-corrected chi connectivity index (χ1v) is 5.01. The van der Waals surface area contributed by atoms with Crippen LogP contribution in [0, 0.1) is 16.7 Å². The quantitative estimate of drug-likeness (QED) is 0.818. The Balaban J connectivity index is 2.49. The monoisotopic (exact) mass is 209 g/mol. The van der Waals surface area contributed by atoms with Crippen molar-refractivity contribution in [3.63, 3.8) is 0 Å². The van der Waals surface area contributed by atoms with Gasteiger partial charge < -0.3 is 5.32 Å². The van der Waals surface area contributed by atoms with E-state index in [1.165, 1.54) is 17.5 Å². The summed E-state index contributed by atoms with van der Waals surface area (Å²) < 4.78 is 0. The van der Waals surface area contributed by atoms with E-state index < -0.39 is 5.41 Å². The van der Waals surface area contributed by atoms with Crippen LogP contribution in [-0.4, -0.2) is 17.4 Å². The Morgan fingerprint density at radius 1 is 1.79 bits per heavy atom. The number of rotatable bonds is 3. The smallest absolute Gasteiger partial charge is 0.263 e. The van der Waals surface area contributed by atoms with Crippen LogP contribution < -0.4 is 5.32 Å². The Morgan fingerprint density at radius 2 is 2.50 bits per heavy atom. The summed E-state index contributed by atoms with van der Waals surface area (Å²) in [7, 11) is 0. The van der Waals surface area contributed by atoms with Crippen LogP contribution in [0.3, 0.4) is 0 Å². The van der Waals surface area contributed by atoms with Gasteiger partial charge in [-0.2, -0.15) is 5.26 Å². The van der Waals surface area contributed by atoms with E-state index in [0.717, 1.165) is 0 Å². The number of amides is 1. The van der Waals surface area contributed by atoms with Gasteiger partial charge in [0.05, 0.1) is 23.2 Å². The number of carbonyl (C=O) groups is 1. The van der Waals surface area contributed by atoms with E-state index in [-0.39, 0.29) is 5.91 Å².